The van der Waals surface area contributed by atoms with E-state index < -0.39 is 23.8 Å². The number of hydrogen-bond donors (Lipinski definition) is 0. The van der Waals surface area contributed by atoms with Crippen LogP contribution < -0.4 is 0 Å². The summed E-state index contributed by atoms with van der Waals surface area (Å²) in [6.45, 7) is -0.301. The van der Waals surface area contributed by atoms with E-state index in [0.29, 0.717) is 21.5 Å². The predicted octanol–water partition coefficient (Wildman–Crippen LogP) is 2.18. The molecule has 4 rings (SSSR count). The van der Waals surface area contributed by atoms with Gasteiger partial charge in [0.15, 0.2) is 0 Å². The zero-order chi connectivity index (χ0) is 19.8. The monoisotopic (exact) mass is 378 g/mol. The van der Waals surface area contributed by atoms with Crippen molar-refractivity contribution in [3.8, 4) is 0 Å². The van der Waals surface area contributed by atoms with Gasteiger partial charge in [-0.05, 0) is 18.2 Å². The van der Waals surface area contributed by atoms with Gasteiger partial charge in [0.25, 0.3) is 11.8 Å². The van der Waals surface area contributed by atoms with Gasteiger partial charge >= 0.3 is 11.9 Å². The SMILES string of the molecule is COC(=O)c1cn(CC(=O)ON2C(=O)c3ccccc3C2=O)c2ccccc12. The van der Waals surface area contributed by atoms with Gasteiger partial charge in [-0.25, -0.2) is 9.59 Å². The van der Waals surface area contributed by atoms with E-state index in [0.717, 1.165) is 0 Å². The van der Waals surface area contributed by atoms with Gasteiger partial charge in [0.2, 0.25) is 0 Å². The number of para-hydroxylation sites is 1. The van der Waals surface area contributed by atoms with Crippen LogP contribution >= 0.6 is 0 Å². The van der Waals surface area contributed by atoms with Crippen molar-refractivity contribution >= 4 is 34.7 Å². The van der Waals surface area contributed by atoms with E-state index in [1.54, 1.807) is 36.4 Å². The highest BCUT2D eigenvalue weighted by molar-refractivity contribution is 6.20. The maximum atomic E-state index is 12.4. The van der Waals surface area contributed by atoms with Crippen LogP contribution in [0.15, 0.2) is 54.7 Å². The Hall–Kier alpha value is -3.94. The molecule has 1 aliphatic heterocycles. The molecule has 3 aromatic rings. The molecule has 8 nitrogen and oxygen atoms in total. The van der Waals surface area contributed by atoms with Crippen LogP contribution in [0.25, 0.3) is 10.9 Å². The largest absolute Gasteiger partial charge is 0.465 e. The van der Waals surface area contributed by atoms with E-state index >= 15 is 0 Å². The Morgan fingerprint density at radius 3 is 2.18 bits per heavy atom. The smallest absolute Gasteiger partial charge is 0.352 e. The molecule has 2 amide bonds. The average Bonchev–Trinajstić information content (AvgIpc) is 3.19. The molecule has 0 radical (unpaired) electrons. The van der Waals surface area contributed by atoms with E-state index in [9.17, 15) is 19.2 Å². The lowest BCUT2D eigenvalue weighted by molar-refractivity contribution is -0.169. The second-order valence-electron chi connectivity index (χ2n) is 6.09. The number of fused-ring (bicyclic) bond motifs is 2. The minimum absolute atomic E-state index is 0.180. The van der Waals surface area contributed by atoms with Gasteiger partial charge in [0.05, 0.1) is 23.8 Å². The maximum absolute atomic E-state index is 12.4. The molecular formula is C20H14N2O6. The van der Waals surface area contributed by atoms with Gasteiger partial charge in [-0.15, -0.1) is 0 Å². The molecule has 0 saturated heterocycles. The molecule has 0 aliphatic carbocycles. The van der Waals surface area contributed by atoms with E-state index in [-0.39, 0.29) is 17.7 Å². The molecule has 0 atom stereocenters. The van der Waals surface area contributed by atoms with Gasteiger partial charge in [0.1, 0.15) is 6.54 Å². The molecule has 2 aromatic carbocycles. The Bertz CT molecular complexity index is 1110. The molecule has 2 heterocycles. The zero-order valence-corrected chi connectivity index (χ0v) is 14.7. The lowest BCUT2D eigenvalue weighted by Gasteiger charge is -2.13. The fraction of sp³-hybridized carbons (Fsp3) is 0.100. The third-order valence-electron chi connectivity index (χ3n) is 4.44. The minimum Gasteiger partial charge on any atom is -0.465 e. The van der Waals surface area contributed by atoms with Crippen LogP contribution in [-0.2, 0) is 20.9 Å². The number of rotatable bonds is 4. The topological polar surface area (TPSA) is 94.9 Å². The van der Waals surface area contributed by atoms with Crippen molar-refractivity contribution in [1.29, 1.82) is 0 Å². The Morgan fingerprint density at radius 1 is 0.929 bits per heavy atom. The van der Waals surface area contributed by atoms with E-state index in [1.165, 1.54) is 30.0 Å². The van der Waals surface area contributed by atoms with Gasteiger partial charge in [-0.2, -0.15) is 0 Å². The van der Waals surface area contributed by atoms with Crippen molar-refractivity contribution in [2.75, 3.05) is 7.11 Å². The molecule has 0 saturated carbocycles. The standard InChI is InChI=1S/C20H14N2O6/c1-27-20(26)15-10-21(16-9-5-4-6-12(15)16)11-17(23)28-22-18(24)13-7-2-3-8-14(13)19(22)25/h2-10H,11H2,1H3. The normalized spacial score (nSPS) is 13.0. The van der Waals surface area contributed by atoms with Crippen LogP contribution in [0, 0.1) is 0 Å². The number of aromatic nitrogens is 1. The number of esters is 1. The first-order chi connectivity index (χ1) is 13.5. The Balaban J connectivity index is 1.58. The molecule has 8 heteroatoms. The second kappa shape index (κ2) is 6.66. The van der Waals surface area contributed by atoms with Crippen molar-refractivity contribution in [1.82, 2.24) is 9.63 Å². The Morgan fingerprint density at radius 2 is 1.54 bits per heavy atom. The third kappa shape index (κ3) is 2.71. The number of benzene rings is 2. The molecule has 1 aromatic heterocycles. The van der Waals surface area contributed by atoms with Crippen LogP contribution in [0.3, 0.4) is 0 Å². The molecule has 0 spiro atoms. The highest BCUT2D eigenvalue weighted by atomic mass is 16.7. The number of carbonyl (C=O) groups is 4. The van der Waals surface area contributed by atoms with E-state index in [2.05, 4.69) is 0 Å². The number of hydrogen-bond acceptors (Lipinski definition) is 6. The minimum atomic E-state index is -0.827. The summed E-state index contributed by atoms with van der Waals surface area (Å²) in [7, 11) is 1.27. The number of hydroxylamine groups is 2. The molecule has 0 N–H and O–H groups in total. The summed E-state index contributed by atoms with van der Waals surface area (Å²) >= 11 is 0. The molecular weight excluding hydrogens is 364 g/mol. The first kappa shape index (κ1) is 17.5. The molecule has 1 aliphatic rings. The van der Waals surface area contributed by atoms with Gasteiger partial charge in [0, 0.05) is 17.1 Å². The van der Waals surface area contributed by atoms with Gasteiger partial charge < -0.3 is 14.1 Å². The Kier molecular flexibility index (Phi) is 4.15. The van der Waals surface area contributed by atoms with Crippen molar-refractivity contribution in [2.45, 2.75) is 6.54 Å². The molecule has 0 fully saturated rings. The highest BCUT2D eigenvalue weighted by Gasteiger charge is 2.38. The lowest BCUT2D eigenvalue weighted by atomic mass is 10.1. The first-order valence-corrected chi connectivity index (χ1v) is 8.36. The fourth-order valence-electron chi connectivity index (χ4n) is 3.17. The summed E-state index contributed by atoms with van der Waals surface area (Å²) in [4.78, 5) is 54.0. The van der Waals surface area contributed by atoms with Crippen LogP contribution in [0.5, 0.6) is 0 Å². The predicted molar refractivity (Wildman–Crippen MR) is 96.3 cm³/mol. The fourth-order valence-corrected chi connectivity index (χ4v) is 3.17. The Labute approximate surface area is 158 Å². The second-order valence-corrected chi connectivity index (χ2v) is 6.09. The molecule has 140 valence electrons. The maximum Gasteiger partial charge on any atom is 0.352 e. The summed E-state index contributed by atoms with van der Waals surface area (Å²) in [6.07, 6.45) is 1.47. The zero-order valence-electron chi connectivity index (χ0n) is 14.7. The first-order valence-electron chi connectivity index (χ1n) is 8.36. The van der Waals surface area contributed by atoms with Crippen LogP contribution in [-0.4, -0.2) is 40.5 Å². The molecule has 28 heavy (non-hydrogen) atoms. The number of methoxy groups -OCH3 is 1. The summed E-state index contributed by atoms with van der Waals surface area (Å²) in [6, 6.07) is 13.2. The number of imide groups is 1. The van der Waals surface area contributed by atoms with Gasteiger partial charge in [-0.1, -0.05) is 35.4 Å². The number of amides is 2. The number of nitrogens with zero attached hydrogens (tertiary/aromatic N) is 2. The van der Waals surface area contributed by atoms with E-state index in [1.807, 2.05) is 0 Å². The van der Waals surface area contributed by atoms with Crippen molar-refractivity contribution in [3.63, 3.8) is 0 Å². The van der Waals surface area contributed by atoms with Crippen molar-refractivity contribution < 1.29 is 28.8 Å². The number of carbonyl (C=O) groups excluding carboxylic acids is 4. The van der Waals surface area contributed by atoms with Crippen LogP contribution in [0.1, 0.15) is 31.1 Å². The summed E-state index contributed by atoms with van der Waals surface area (Å²) in [5.41, 5.74) is 1.27. The van der Waals surface area contributed by atoms with E-state index in [4.69, 9.17) is 9.57 Å². The number of ether oxygens (including phenoxy) is 1. The van der Waals surface area contributed by atoms with Crippen molar-refractivity contribution in [3.05, 3.63) is 71.4 Å². The third-order valence-corrected chi connectivity index (χ3v) is 4.44. The molecule has 0 unspecified atom stereocenters. The van der Waals surface area contributed by atoms with Crippen molar-refractivity contribution in [2.24, 2.45) is 0 Å². The lowest BCUT2D eigenvalue weighted by Crippen LogP contribution is -2.33. The highest BCUT2D eigenvalue weighted by Crippen LogP contribution is 2.24. The summed E-state index contributed by atoms with van der Waals surface area (Å²) in [5, 5.41) is 1.07. The van der Waals surface area contributed by atoms with Crippen LogP contribution in [0.4, 0.5) is 0 Å². The molecule has 0 bridgehead atoms. The van der Waals surface area contributed by atoms with Crippen LogP contribution in [0.2, 0.25) is 0 Å². The summed E-state index contributed by atoms with van der Waals surface area (Å²) in [5.74, 6) is -2.75. The average molecular weight is 378 g/mol. The summed E-state index contributed by atoms with van der Waals surface area (Å²) < 4.78 is 6.27. The quantitative estimate of drug-likeness (QED) is 0.510. The van der Waals surface area contributed by atoms with Gasteiger partial charge in [-0.3, -0.25) is 9.59 Å².